The Bertz CT molecular complexity index is 1250. The number of amides is 2. The van der Waals surface area contributed by atoms with Gasteiger partial charge in [-0.15, -0.1) is 0 Å². The Morgan fingerprint density at radius 3 is 2.60 bits per heavy atom. The van der Waals surface area contributed by atoms with Gasteiger partial charge in [0.1, 0.15) is 22.7 Å². The molecule has 0 spiro atoms. The molecular formula is C23H26F3N6O3+. The van der Waals surface area contributed by atoms with E-state index in [-0.39, 0.29) is 16.9 Å². The van der Waals surface area contributed by atoms with Crippen molar-refractivity contribution in [2.24, 2.45) is 5.84 Å². The van der Waals surface area contributed by atoms with Gasteiger partial charge < -0.3 is 26.4 Å². The summed E-state index contributed by atoms with van der Waals surface area (Å²) in [6, 6.07) is 2.90. The number of hydrogen-bond donors (Lipinski definition) is 5. The predicted molar refractivity (Wildman–Crippen MR) is 120 cm³/mol. The summed E-state index contributed by atoms with van der Waals surface area (Å²) in [4.78, 5) is 39.2. The quantitative estimate of drug-likeness (QED) is 0.164. The van der Waals surface area contributed by atoms with Crippen molar-refractivity contribution in [2.45, 2.75) is 51.1 Å². The number of fused-ring (bicyclic) bond motifs is 1. The lowest BCUT2D eigenvalue weighted by Crippen LogP contribution is -2.60. The molecule has 186 valence electrons. The zero-order valence-corrected chi connectivity index (χ0v) is 19.0. The van der Waals surface area contributed by atoms with E-state index in [4.69, 9.17) is 5.84 Å². The lowest BCUT2D eigenvalue weighted by Gasteiger charge is -2.15. The SMILES string of the molecule is Cc1c(C(=O)C(=O)NC2(C([NH3+])=CNN)CC2)c2n(c1C(=O)Nc1ccc(F)c(C(F)F)c1)CCC2. The molecule has 0 bridgehead atoms. The van der Waals surface area contributed by atoms with Crippen molar-refractivity contribution in [2.75, 3.05) is 5.32 Å². The number of nitrogens with zero attached hydrogens (tertiary/aromatic N) is 1. The van der Waals surface area contributed by atoms with E-state index in [1.807, 2.05) is 0 Å². The highest BCUT2D eigenvalue weighted by molar-refractivity contribution is 6.44. The van der Waals surface area contributed by atoms with E-state index in [1.54, 1.807) is 11.5 Å². The minimum absolute atomic E-state index is 0.00998. The molecule has 4 rings (SSSR count). The number of Topliss-reactive ketones (excluding diaryl/α,β-unsaturated/α-hetero) is 1. The summed E-state index contributed by atoms with van der Waals surface area (Å²) >= 11 is 0. The summed E-state index contributed by atoms with van der Waals surface area (Å²) in [7, 11) is 0. The minimum atomic E-state index is -3.04. The number of ketones is 1. The number of carbonyl (C=O) groups is 3. The summed E-state index contributed by atoms with van der Waals surface area (Å²) in [5.41, 5.74) is 6.40. The van der Waals surface area contributed by atoms with E-state index in [0.717, 1.165) is 12.1 Å². The van der Waals surface area contributed by atoms with Crippen LogP contribution < -0.4 is 27.6 Å². The number of alkyl halides is 2. The Balaban J connectivity index is 1.61. The summed E-state index contributed by atoms with van der Waals surface area (Å²) in [6.07, 6.45) is 0.803. The maximum atomic E-state index is 13.6. The number of benzene rings is 1. The first-order valence-corrected chi connectivity index (χ1v) is 11.1. The number of anilines is 1. The number of hydrazine groups is 1. The van der Waals surface area contributed by atoms with Crippen molar-refractivity contribution >= 4 is 23.3 Å². The summed E-state index contributed by atoms with van der Waals surface area (Å²) < 4.78 is 41.4. The molecule has 2 heterocycles. The second-order valence-electron chi connectivity index (χ2n) is 8.74. The molecule has 1 fully saturated rings. The van der Waals surface area contributed by atoms with Crippen molar-refractivity contribution in [1.29, 1.82) is 0 Å². The van der Waals surface area contributed by atoms with Crippen LogP contribution in [0.25, 0.3) is 0 Å². The number of hydrogen-bond acceptors (Lipinski definition) is 5. The first-order valence-electron chi connectivity index (χ1n) is 11.1. The minimum Gasteiger partial charge on any atom is -0.340 e. The highest BCUT2D eigenvalue weighted by atomic mass is 19.3. The summed E-state index contributed by atoms with van der Waals surface area (Å²) in [5.74, 6) is 1.98. The van der Waals surface area contributed by atoms with Crippen LogP contribution in [-0.4, -0.2) is 27.7 Å². The lowest BCUT2D eigenvalue weighted by molar-refractivity contribution is -0.313. The standard InChI is InChI=1S/C23H25F3N6O3/c1-11-17(19(33)22(35)31-23(6-7-23)16(27)10-29-28)15-3-2-8-32(15)18(11)21(34)30-12-4-5-14(24)13(9-12)20(25)26/h4-5,9-10,20,29H,2-3,6-8,27-28H2,1H3,(H,30,34)(H,31,35)/p+1. The van der Waals surface area contributed by atoms with Crippen LogP contribution in [-0.2, 0) is 17.8 Å². The third kappa shape index (κ3) is 4.42. The van der Waals surface area contributed by atoms with Crippen molar-refractivity contribution in [3.63, 3.8) is 0 Å². The van der Waals surface area contributed by atoms with Gasteiger partial charge in [-0.25, -0.2) is 13.2 Å². The fourth-order valence-corrected chi connectivity index (χ4v) is 4.57. The zero-order chi connectivity index (χ0) is 25.5. The van der Waals surface area contributed by atoms with E-state index in [1.165, 1.54) is 12.3 Å². The molecule has 0 radical (unpaired) electrons. The normalized spacial score (nSPS) is 16.1. The molecule has 1 aliphatic carbocycles. The van der Waals surface area contributed by atoms with Gasteiger partial charge in [0.05, 0.1) is 17.3 Å². The van der Waals surface area contributed by atoms with Crippen molar-refractivity contribution in [1.82, 2.24) is 15.3 Å². The number of nitrogens with one attached hydrogen (secondary N) is 3. The molecule has 0 unspecified atom stereocenters. The molecule has 1 aromatic heterocycles. The second kappa shape index (κ2) is 9.19. The van der Waals surface area contributed by atoms with Crippen LogP contribution in [0.2, 0.25) is 0 Å². The Morgan fingerprint density at radius 1 is 1.26 bits per heavy atom. The molecule has 8 N–H and O–H groups in total. The molecular weight excluding hydrogens is 465 g/mol. The van der Waals surface area contributed by atoms with E-state index in [0.29, 0.717) is 49.2 Å². The molecule has 2 aliphatic rings. The van der Waals surface area contributed by atoms with Gasteiger partial charge in [0.2, 0.25) is 0 Å². The average molecular weight is 491 g/mol. The van der Waals surface area contributed by atoms with E-state index in [9.17, 15) is 27.6 Å². The number of rotatable bonds is 8. The molecule has 0 saturated heterocycles. The maximum absolute atomic E-state index is 13.6. The molecule has 9 nitrogen and oxygen atoms in total. The molecule has 1 saturated carbocycles. The fourth-order valence-electron chi connectivity index (χ4n) is 4.57. The van der Waals surface area contributed by atoms with E-state index >= 15 is 0 Å². The zero-order valence-electron chi connectivity index (χ0n) is 19.0. The number of quaternary nitrogens is 1. The fraction of sp³-hybridized carbons (Fsp3) is 0.348. The molecule has 1 aliphatic heterocycles. The van der Waals surface area contributed by atoms with Crippen LogP contribution in [0.3, 0.4) is 0 Å². The van der Waals surface area contributed by atoms with Gasteiger partial charge in [0, 0.05) is 17.9 Å². The average Bonchev–Trinajstić information content (AvgIpc) is 3.34. The van der Waals surface area contributed by atoms with Crippen LogP contribution in [0.5, 0.6) is 0 Å². The summed E-state index contributed by atoms with van der Waals surface area (Å²) in [5, 5.41) is 5.24. The highest BCUT2D eigenvalue weighted by Gasteiger charge is 2.50. The predicted octanol–water partition coefficient (Wildman–Crippen LogP) is 1.45. The van der Waals surface area contributed by atoms with E-state index in [2.05, 4.69) is 21.8 Å². The molecule has 35 heavy (non-hydrogen) atoms. The van der Waals surface area contributed by atoms with Crippen LogP contribution in [0.1, 0.15) is 63.4 Å². The highest BCUT2D eigenvalue weighted by Crippen LogP contribution is 2.39. The lowest BCUT2D eigenvalue weighted by atomic mass is 10.0. The van der Waals surface area contributed by atoms with E-state index < -0.39 is 40.9 Å². The van der Waals surface area contributed by atoms with Crippen LogP contribution in [0, 0.1) is 12.7 Å². The number of halogens is 3. The first kappa shape index (κ1) is 24.5. The molecule has 1 aromatic carbocycles. The van der Waals surface area contributed by atoms with Crippen molar-refractivity contribution < 1.29 is 33.3 Å². The number of aromatic nitrogens is 1. The van der Waals surface area contributed by atoms with Crippen LogP contribution in [0.15, 0.2) is 30.1 Å². The van der Waals surface area contributed by atoms with Gasteiger partial charge >= 0.3 is 0 Å². The Hall–Kier alpha value is -3.64. The second-order valence-corrected chi connectivity index (χ2v) is 8.74. The Morgan fingerprint density at radius 2 is 1.97 bits per heavy atom. The topological polar surface area (TPSA) is 146 Å². The van der Waals surface area contributed by atoms with Gasteiger partial charge in [-0.2, -0.15) is 0 Å². The van der Waals surface area contributed by atoms with Crippen molar-refractivity contribution in [3.8, 4) is 0 Å². The number of nitrogens with two attached hydrogens (primary N) is 1. The van der Waals surface area contributed by atoms with Crippen LogP contribution in [0.4, 0.5) is 18.9 Å². The van der Waals surface area contributed by atoms with Crippen molar-refractivity contribution in [3.05, 3.63) is 64.0 Å². The monoisotopic (exact) mass is 491 g/mol. The Labute approximate surface area is 198 Å². The Kier molecular flexibility index (Phi) is 6.43. The van der Waals surface area contributed by atoms with Gasteiger partial charge in [-0.1, -0.05) is 0 Å². The summed E-state index contributed by atoms with van der Waals surface area (Å²) in [6.45, 7) is 2.02. The first-order chi connectivity index (χ1) is 16.6. The molecule has 2 aromatic rings. The third-order valence-electron chi connectivity index (χ3n) is 6.52. The smallest absolute Gasteiger partial charge is 0.293 e. The maximum Gasteiger partial charge on any atom is 0.293 e. The van der Waals surface area contributed by atoms with Gasteiger partial charge in [0.25, 0.3) is 24.0 Å². The van der Waals surface area contributed by atoms with Gasteiger partial charge in [0.15, 0.2) is 0 Å². The van der Waals surface area contributed by atoms with Gasteiger partial charge in [-0.3, -0.25) is 20.2 Å². The van der Waals surface area contributed by atoms with Gasteiger partial charge in [-0.05, 0) is 56.4 Å². The molecule has 12 heteroatoms. The number of carbonyl (C=O) groups excluding carboxylic acids is 3. The molecule has 0 atom stereocenters. The third-order valence-corrected chi connectivity index (χ3v) is 6.52. The largest absolute Gasteiger partial charge is 0.340 e. The van der Waals surface area contributed by atoms with Crippen LogP contribution >= 0.6 is 0 Å². The molecule has 2 amide bonds.